The monoisotopic (exact) mass is 209 g/mol. The highest BCUT2D eigenvalue weighted by molar-refractivity contribution is 5.27. The molecule has 1 aromatic heterocycles. The third kappa shape index (κ3) is 2.40. The van der Waals surface area contributed by atoms with Crippen molar-refractivity contribution in [1.29, 1.82) is 0 Å². The largest absolute Gasteiger partial charge is 0.324 e. The number of hydrogen-bond donors (Lipinski definition) is 1. The fourth-order valence-electron chi connectivity index (χ4n) is 1.88. The Labute approximate surface area is 92.7 Å². The quantitative estimate of drug-likeness (QED) is 0.814. The highest BCUT2D eigenvalue weighted by Gasteiger charge is 2.26. The Hall–Kier alpha value is -0.830. The molecule has 0 aliphatic carbocycles. The summed E-state index contributed by atoms with van der Waals surface area (Å²) in [6, 6.07) is 0.429. The number of rotatable bonds is 2. The summed E-state index contributed by atoms with van der Waals surface area (Å²) >= 11 is 0. The van der Waals surface area contributed by atoms with Crippen molar-refractivity contribution >= 4 is 0 Å². The molecule has 0 saturated carbocycles. The summed E-state index contributed by atoms with van der Waals surface area (Å²) < 4.78 is 2.08. The van der Waals surface area contributed by atoms with Gasteiger partial charge < -0.3 is 5.73 Å². The average molecular weight is 209 g/mol. The van der Waals surface area contributed by atoms with Crippen LogP contribution in [0, 0.1) is 0 Å². The van der Waals surface area contributed by atoms with Gasteiger partial charge in [-0.05, 0) is 20.8 Å². The summed E-state index contributed by atoms with van der Waals surface area (Å²) in [4.78, 5) is 0. The van der Waals surface area contributed by atoms with Crippen molar-refractivity contribution in [3.05, 3.63) is 17.5 Å². The lowest BCUT2D eigenvalue weighted by Crippen LogP contribution is -2.23. The second kappa shape index (κ2) is 3.97. The maximum atomic E-state index is 5.97. The second-order valence-corrected chi connectivity index (χ2v) is 5.53. The predicted molar refractivity (Wildman–Crippen MR) is 63.9 cm³/mol. The lowest BCUT2D eigenvalue weighted by atomic mass is 9.87. The smallest absolute Gasteiger partial charge is 0.0540 e. The summed E-state index contributed by atoms with van der Waals surface area (Å²) in [6.45, 7) is 12.9. The summed E-state index contributed by atoms with van der Waals surface area (Å²) in [5, 5.41) is 4.44. The molecule has 2 N–H and O–H groups in total. The minimum Gasteiger partial charge on any atom is -0.324 e. The molecule has 0 aliphatic heterocycles. The maximum absolute atomic E-state index is 5.97. The zero-order chi connectivity index (χ0) is 11.8. The van der Waals surface area contributed by atoms with Crippen LogP contribution in [0.25, 0.3) is 0 Å². The van der Waals surface area contributed by atoms with E-state index in [0.29, 0.717) is 6.04 Å². The molecule has 3 heteroatoms. The molecule has 1 heterocycles. The van der Waals surface area contributed by atoms with Gasteiger partial charge in [-0.2, -0.15) is 5.10 Å². The van der Waals surface area contributed by atoms with E-state index in [-0.39, 0.29) is 11.5 Å². The topological polar surface area (TPSA) is 43.8 Å². The van der Waals surface area contributed by atoms with Crippen LogP contribution in [0.1, 0.15) is 64.9 Å². The van der Waals surface area contributed by atoms with Crippen molar-refractivity contribution in [2.24, 2.45) is 5.73 Å². The third-order valence-corrected chi connectivity index (χ3v) is 2.51. The third-order valence-electron chi connectivity index (χ3n) is 2.51. The van der Waals surface area contributed by atoms with Gasteiger partial charge in [-0.15, -0.1) is 0 Å². The number of aromatic nitrogens is 2. The van der Waals surface area contributed by atoms with E-state index in [4.69, 9.17) is 5.73 Å². The molecule has 0 bridgehead atoms. The van der Waals surface area contributed by atoms with Crippen LogP contribution in [0.15, 0.2) is 6.20 Å². The molecule has 1 rings (SSSR count). The van der Waals surface area contributed by atoms with E-state index in [0.717, 1.165) is 5.56 Å². The highest BCUT2D eigenvalue weighted by atomic mass is 15.3. The average Bonchev–Trinajstić information content (AvgIpc) is 2.45. The molecule has 3 nitrogen and oxygen atoms in total. The molecule has 0 aliphatic rings. The van der Waals surface area contributed by atoms with Crippen LogP contribution in [0.2, 0.25) is 0 Å². The van der Waals surface area contributed by atoms with Crippen LogP contribution in [0.3, 0.4) is 0 Å². The van der Waals surface area contributed by atoms with Gasteiger partial charge in [0.05, 0.1) is 6.20 Å². The van der Waals surface area contributed by atoms with Crippen molar-refractivity contribution in [2.75, 3.05) is 0 Å². The van der Waals surface area contributed by atoms with Crippen LogP contribution in [-0.4, -0.2) is 9.78 Å². The predicted octanol–water partition coefficient (Wildman–Crippen LogP) is 2.78. The SMILES string of the molecule is CC(N)c1cnn(C(C)C)c1C(C)(C)C. The van der Waals surface area contributed by atoms with Crippen molar-refractivity contribution in [3.8, 4) is 0 Å². The molecule has 1 aromatic rings. The Morgan fingerprint density at radius 2 is 1.80 bits per heavy atom. The molecule has 0 amide bonds. The normalized spacial score (nSPS) is 14.7. The van der Waals surface area contributed by atoms with Crippen LogP contribution < -0.4 is 5.73 Å². The molecule has 1 atom stereocenters. The van der Waals surface area contributed by atoms with E-state index in [9.17, 15) is 0 Å². The molecule has 1 unspecified atom stereocenters. The fourth-order valence-corrected chi connectivity index (χ4v) is 1.88. The van der Waals surface area contributed by atoms with Gasteiger partial charge in [0.1, 0.15) is 0 Å². The summed E-state index contributed by atoms with van der Waals surface area (Å²) in [7, 11) is 0. The lowest BCUT2D eigenvalue weighted by Gasteiger charge is -2.25. The first-order chi connectivity index (χ1) is 6.75. The first-order valence-corrected chi connectivity index (χ1v) is 5.58. The zero-order valence-corrected chi connectivity index (χ0v) is 10.7. The maximum Gasteiger partial charge on any atom is 0.0540 e. The van der Waals surface area contributed by atoms with E-state index < -0.39 is 0 Å². The second-order valence-electron chi connectivity index (χ2n) is 5.53. The fraction of sp³-hybridized carbons (Fsp3) is 0.750. The van der Waals surface area contributed by atoms with Gasteiger partial charge >= 0.3 is 0 Å². The number of hydrogen-bond acceptors (Lipinski definition) is 2. The van der Waals surface area contributed by atoms with Crippen molar-refractivity contribution in [3.63, 3.8) is 0 Å². The molecule has 0 radical (unpaired) electrons. The lowest BCUT2D eigenvalue weighted by molar-refractivity contribution is 0.441. The molecule has 15 heavy (non-hydrogen) atoms. The standard InChI is InChI=1S/C12H23N3/c1-8(2)15-11(12(4,5)6)10(7-14-15)9(3)13/h7-9H,13H2,1-6H3. The molecule has 0 fully saturated rings. The van der Waals surface area contributed by atoms with Gasteiger partial charge in [0.25, 0.3) is 0 Å². The Balaban J connectivity index is 3.34. The first-order valence-electron chi connectivity index (χ1n) is 5.58. The van der Waals surface area contributed by atoms with E-state index in [1.54, 1.807) is 0 Å². The Morgan fingerprint density at radius 3 is 2.13 bits per heavy atom. The van der Waals surface area contributed by atoms with Crippen molar-refractivity contribution in [2.45, 2.75) is 59.0 Å². The van der Waals surface area contributed by atoms with E-state index in [1.807, 2.05) is 13.1 Å². The molecule has 0 aromatic carbocycles. The van der Waals surface area contributed by atoms with Gasteiger partial charge in [0.15, 0.2) is 0 Å². The molecular formula is C12H23N3. The zero-order valence-electron chi connectivity index (χ0n) is 10.7. The van der Waals surface area contributed by atoms with Gasteiger partial charge in [-0.3, -0.25) is 4.68 Å². The first kappa shape index (κ1) is 12.2. The van der Waals surface area contributed by atoms with Crippen molar-refractivity contribution < 1.29 is 0 Å². The molecule has 0 saturated heterocycles. The van der Waals surface area contributed by atoms with Crippen LogP contribution in [-0.2, 0) is 5.41 Å². The van der Waals surface area contributed by atoms with Crippen LogP contribution in [0.5, 0.6) is 0 Å². The van der Waals surface area contributed by atoms with Gasteiger partial charge in [-0.1, -0.05) is 20.8 Å². The summed E-state index contributed by atoms with van der Waals surface area (Å²) in [5.74, 6) is 0. The van der Waals surface area contributed by atoms with Gasteiger partial charge in [0.2, 0.25) is 0 Å². The van der Waals surface area contributed by atoms with Crippen LogP contribution in [0.4, 0.5) is 0 Å². The molecule has 0 spiro atoms. The molecular weight excluding hydrogens is 186 g/mol. The van der Waals surface area contributed by atoms with Crippen molar-refractivity contribution in [1.82, 2.24) is 9.78 Å². The van der Waals surface area contributed by atoms with E-state index >= 15 is 0 Å². The van der Waals surface area contributed by atoms with Gasteiger partial charge in [-0.25, -0.2) is 0 Å². The number of nitrogens with two attached hydrogens (primary N) is 1. The molecule has 86 valence electrons. The van der Waals surface area contributed by atoms with Crippen LogP contribution >= 0.6 is 0 Å². The highest BCUT2D eigenvalue weighted by Crippen LogP contribution is 2.30. The number of nitrogens with zero attached hydrogens (tertiary/aromatic N) is 2. The Morgan fingerprint density at radius 1 is 1.27 bits per heavy atom. The minimum atomic E-state index is 0.0479. The van der Waals surface area contributed by atoms with E-state index in [1.165, 1.54) is 5.69 Å². The Kier molecular flexibility index (Phi) is 3.24. The Bertz CT molecular complexity index is 304. The minimum absolute atomic E-state index is 0.0479. The summed E-state index contributed by atoms with van der Waals surface area (Å²) in [5.41, 5.74) is 8.48. The summed E-state index contributed by atoms with van der Waals surface area (Å²) in [6.07, 6.45) is 1.91. The van der Waals surface area contributed by atoms with E-state index in [2.05, 4.69) is 44.4 Å². The van der Waals surface area contributed by atoms with Gasteiger partial charge in [0, 0.05) is 28.8 Å².